The van der Waals surface area contributed by atoms with E-state index in [9.17, 15) is 9.18 Å². The summed E-state index contributed by atoms with van der Waals surface area (Å²) in [5.74, 6) is -0.934. The van der Waals surface area contributed by atoms with Gasteiger partial charge >= 0.3 is 0 Å². The average molecular weight is 393 g/mol. The van der Waals surface area contributed by atoms with Crippen LogP contribution in [0.25, 0.3) is 0 Å². The van der Waals surface area contributed by atoms with Crippen molar-refractivity contribution in [2.24, 2.45) is 0 Å². The normalized spacial score (nSPS) is 10.9. The summed E-state index contributed by atoms with van der Waals surface area (Å²) in [6.07, 6.45) is 0. The molecule has 0 heterocycles. The van der Waals surface area contributed by atoms with Crippen LogP contribution in [0.2, 0.25) is 0 Å². The number of nitrogens with one attached hydrogen (secondary N) is 1. The van der Waals surface area contributed by atoms with Crippen molar-refractivity contribution in [1.29, 1.82) is 0 Å². The molecule has 2 aromatic carbocycles. The van der Waals surface area contributed by atoms with Crippen LogP contribution < -0.4 is 5.32 Å². The van der Waals surface area contributed by atoms with E-state index in [1.807, 2.05) is 18.2 Å². The van der Waals surface area contributed by atoms with Crippen molar-refractivity contribution >= 4 is 21.8 Å². The number of benzene rings is 2. The molecular formula is C19H22BrFN2O. The number of hydrogen-bond acceptors (Lipinski definition) is 2. The maximum Gasteiger partial charge on any atom is 0.254 e. The SMILES string of the molecule is CCN(CC)Cc1ccccc1CNC(=O)c1ccc(Br)cc1F. The smallest absolute Gasteiger partial charge is 0.254 e. The monoisotopic (exact) mass is 392 g/mol. The first-order chi connectivity index (χ1) is 11.5. The van der Waals surface area contributed by atoms with E-state index in [0.29, 0.717) is 11.0 Å². The van der Waals surface area contributed by atoms with E-state index in [0.717, 1.165) is 25.2 Å². The maximum atomic E-state index is 13.9. The molecule has 0 radical (unpaired) electrons. The van der Waals surface area contributed by atoms with Gasteiger partial charge in [-0.15, -0.1) is 0 Å². The second-order valence-corrected chi connectivity index (χ2v) is 6.45. The summed E-state index contributed by atoms with van der Waals surface area (Å²) in [7, 11) is 0. The van der Waals surface area contributed by atoms with Crippen molar-refractivity contribution in [2.75, 3.05) is 13.1 Å². The van der Waals surface area contributed by atoms with Crippen molar-refractivity contribution in [3.05, 3.63) is 69.4 Å². The van der Waals surface area contributed by atoms with Gasteiger partial charge in [-0.2, -0.15) is 0 Å². The Morgan fingerprint density at radius 3 is 2.42 bits per heavy atom. The minimum Gasteiger partial charge on any atom is -0.348 e. The molecule has 5 heteroatoms. The van der Waals surface area contributed by atoms with Gasteiger partial charge in [0.25, 0.3) is 5.91 Å². The largest absolute Gasteiger partial charge is 0.348 e. The van der Waals surface area contributed by atoms with Gasteiger partial charge in [-0.3, -0.25) is 9.69 Å². The van der Waals surface area contributed by atoms with Crippen LogP contribution in [-0.2, 0) is 13.1 Å². The Hall–Kier alpha value is -1.72. The Kier molecular flexibility index (Phi) is 6.94. The molecule has 0 unspecified atom stereocenters. The fraction of sp³-hybridized carbons (Fsp3) is 0.316. The number of amides is 1. The third-order valence-electron chi connectivity index (χ3n) is 4.02. The zero-order chi connectivity index (χ0) is 17.5. The van der Waals surface area contributed by atoms with Gasteiger partial charge in [0.15, 0.2) is 0 Å². The summed E-state index contributed by atoms with van der Waals surface area (Å²) < 4.78 is 14.5. The predicted octanol–water partition coefficient (Wildman–Crippen LogP) is 4.36. The van der Waals surface area contributed by atoms with Gasteiger partial charge < -0.3 is 5.32 Å². The summed E-state index contributed by atoms with van der Waals surface area (Å²) in [6.45, 7) is 7.43. The Morgan fingerprint density at radius 2 is 1.79 bits per heavy atom. The van der Waals surface area contributed by atoms with Crippen molar-refractivity contribution < 1.29 is 9.18 Å². The van der Waals surface area contributed by atoms with E-state index in [1.165, 1.54) is 17.7 Å². The van der Waals surface area contributed by atoms with Crippen molar-refractivity contribution in [1.82, 2.24) is 10.2 Å². The van der Waals surface area contributed by atoms with E-state index in [1.54, 1.807) is 6.07 Å². The molecule has 0 aliphatic carbocycles. The third-order valence-corrected chi connectivity index (χ3v) is 4.52. The fourth-order valence-electron chi connectivity index (χ4n) is 2.52. The highest BCUT2D eigenvalue weighted by atomic mass is 79.9. The molecule has 0 atom stereocenters. The first kappa shape index (κ1) is 18.6. The molecule has 1 N–H and O–H groups in total. The number of rotatable bonds is 7. The van der Waals surface area contributed by atoms with Crippen LogP contribution in [0.5, 0.6) is 0 Å². The Balaban J connectivity index is 2.07. The molecule has 0 spiro atoms. The van der Waals surface area contributed by atoms with Crippen LogP contribution in [0.4, 0.5) is 4.39 Å². The molecule has 24 heavy (non-hydrogen) atoms. The topological polar surface area (TPSA) is 32.3 Å². The van der Waals surface area contributed by atoms with E-state index in [4.69, 9.17) is 0 Å². The minimum atomic E-state index is -0.529. The lowest BCUT2D eigenvalue weighted by Crippen LogP contribution is -2.26. The lowest BCUT2D eigenvalue weighted by atomic mass is 10.1. The highest BCUT2D eigenvalue weighted by molar-refractivity contribution is 9.10. The van der Waals surface area contributed by atoms with E-state index >= 15 is 0 Å². The molecule has 0 fully saturated rings. The standard InChI is InChI=1S/C19H22BrFN2O/c1-3-23(4-2)13-15-8-6-5-7-14(15)12-22-19(24)17-10-9-16(20)11-18(17)21/h5-11H,3-4,12-13H2,1-2H3,(H,22,24). The molecule has 2 rings (SSSR count). The van der Waals surface area contributed by atoms with Crippen LogP contribution in [0.3, 0.4) is 0 Å². The molecule has 1 amide bonds. The fourth-order valence-corrected chi connectivity index (χ4v) is 2.85. The number of carbonyl (C=O) groups is 1. The first-order valence-electron chi connectivity index (χ1n) is 8.07. The van der Waals surface area contributed by atoms with Crippen LogP contribution in [0.15, 0.2) is 46.9 Å². The highest BCUT2D eigenvalue weighted by Gasteiger charge is 2.13. The summed E-state index contributed by atoms with van der Waals surface area (Å²) in [5.41, 5.74) is 2.28. The van der Waals surface area contributed by atoms with Crippen molar-refractivity contribution in [3.63, 3.8) is 0 Å². The summed E-state index contributed by atoms with van der Waals surface area (Å²) >= 11 is 3.19. The number of carbonyl (C=O) groups excluding carboxylic acids is 1. The second-order valence-electron chi connectivity index (χ2n) is 5.54. The first-order valence-corrected chi connectivity index (χ1v) is 8.86. The minimum absolute atomic E-state index is 0.0550. The Labute approximate surface area is 151 Å². The van der Waals surface area contributed by atoms with E-state index in [-0.39, 0.29) is 5.56 Å². The highest BCUT2D eigenvalue weighted by Crippen LogP contribution is 2.16. The van der Waals surface area contributed by atoms with Crippen molar-refractivity contribution in [3.8, 4) is 0 Å². The third kappa shape index (κ3) is 4.89. The molecule has 0 aromatic heterocycles. The molecule has 2 aromatic rings. The average Bonchev–Trinajstić information content (AvgIpc) is 2.58. The number of halogens is 2. The predicted molar refractivity (Wildman–Crippen MR) is 98.3 cm³/mol. The van der Waals surface area contributed by atoms with Gasteiger partial charge in [0.05, 0.1) is 5.56 Å². The number of hydrogen-bond donors (Lipinski definition) is 1. The van der Waals surface area contributed by atoms with Gasteiger partial charge in [0.1, 0.15) is 5.82 Å². The van der Waals surface area contributed by atoms with Crippen LogP contribution in [0, 0.1) is 5.82 Å². The molecular weight excluding hydrogens is 371 g/mol. The van der Waals surface area contributed by atoms with Gasteiger partial charge in [0.2, 0.25) is 0 Å². The molecule has 0 aliphatic rings. The van der Waals surface area contributed by atoms with Gasteiger partial charge in [-0.05, 0) is 42.4 Å². The summed E-state index contributed by atoms with van der Waals surface area (Å²) in [5, 5.41) is 2.81. The summed E-state index contributed by atoms with van der Waals surface area (Å²) in [6, 6.07) is 12.5. The zero-order valence-corrected chi connectivity index (χ0v) is 15.6. The van der Waals surface area contributed by atoms with Crippen LogP contribution >= 0.6 is 15.9 Å². The summed E-state index contributed by atoms with van der Waals surface area (Å²) in [4.78, 5) is 14.5. The van der Waals surface area contributed by atoms with Gasteiger partial charge in [0, 0.05) is 17.6 Å². The van der Waals surface area contributed by atoms with Crippen LogP contribution in [-0.4, -0.2) is 23.9 Å². The Bertz CT molecular complexity index is 702. The lowest BCUT2D eigenvalue weighted by Gasteiger charge is -2.20. The molecule has 0 saturated heterocycles. The molecule has 128 valence electrons. The Morgan fingerprint density at radius 1 is 1.12 bits per heavy atom. The van der Waals surface area contributed by atoms with Crippen molar-refractivity contribution in [2.45, 2.75) is 26.9 Å². The molecule has 0 aliphatic heterocycles. The van der Waals surface area contributed by atoms with E-state index < -0.39 is 11.7 Å². The molecule has 0 bridgehead atoms. The molecule has 3 nitrogen and oxygen atoms in total. The quantitative estimate of drug-likeness (QED) is 0.758. The van der Waals surface area contributed by atoms with Gasteiger partial charge in [-0.25, -0.2) is 4.39 Å². The lowest BCUT2D eigenvalue weighted by molar-refractivity contribution is 0.0946. The molecule has 0 saturated carbocycles. The van der Waals surface area contributed by atoms with E-state index in [2.05, 4.69) is 46.1 Å². The number of nitrogens with zero attached hydrogens (tertiary/aromatic N) is 1. The van der Waals surface area contributed by atoms with Gasteiger partial charge in [-0.1, -0.05) is 54.0 Å². The maximum absolute atomic E-state index is 13.9. The van der Waals surface area contributed by atoms with Crippen LogP contribution in [0.1, 0.15) is 35.3 Å². The second kappa shape index (κ2) is 8.94. The zero-order valence-electron chi connectivity index (χ0n) is 14.0.